The average Bonchev–Trinajstić information content (AvgIpc) is 2.58. The van der Waals surface area contributed by atoms with Crippen molar-refractivity contribution in [2.75, 3.05) is 52.9 Å². The molecule has 0 aromatic carbocycles. The molecule has 0 bridgehead atoms. The van der Waals surface area contributed by atoms with Gasteiger partial charge in [0, 0.05) is 45.3 Å². The maximum absolute atomic E-state index is 10.8. The van der Waals surface area contributed by atoms with E-state index in [2.05, 4.69) is 60.2 Å². The Morgan fingerprint density at radius 3 is 2.20 bits per heavy atom. The fraction of sp³-hybridized carbons (Fsp3) is 0.947. The highest BCUT2D eigenvalue weighted by atomic mass is 16.3. The van der Waals surface area contributed by atoms with E-state index < -0.39 is 5.60 Å². The summed E-state index contributed by atoms with van der Waals surface area (Å²) in [6.07, 6.45) is 3.58. The fourth-order valence-corrected chi connectivity index (χ4v) is 3.42. The third-order valence-electron chi connectivity index (χ3n) is 5.03. The van der Waals surface area contributed by atoms with Gasteiger partial charge in [0.1, 0.15) is 0 Å². The van der Waals surface area contributed by atoms with Crippen LogP contribution in [0.15, 0.2) is 4.99 Å². The van der Waals surface area contributed by atoms with E-state index in [9.17, 15) is 5.11 Å². The number of aliphatic hydroxyl groups is 1. The predicted molar refractivity (Wildman–Crippen MR) is 107 cm³/mol. The molecule has 25 heavy (non-hydrogen) atoms. The van der Waals surface area contributed by atoms with Crippen molar-refractivity contribution in [1.29, 1.82) is 0 Å². The molecule has 0 aliphatic carbocycles. The minimum absolute atomic E-state index is 0.465. The number of likely N-dealkylation sites (N-methyl/N-ethyl adjacent to an activating group) is 1. The van der Waals surface area contributed by atoms with Crippen LogP contribution in [0.25, 0.3) is 0 Å². The number of piperazine rings is 1. The van der Waals surface area contributed by atoms with E-state index in [1.807, 2.05) is 0 Å². The molecule has 0 radical (unpaired) electrons. The molecule has 1 heterocycles. The SMILES string of the molecule is CCCC(O)(CCC)CN=C(NCC)NCC(C)N1CCN(C)CC1. The Bertz CT molecular complexity index is 374. The third kappa shape index (κ3) is 8.38. The summed E-state index contributed by atoms with van der Waals surface area (Å²) in [5.74, 6) is 0.814. The summed E-state index contributed by atoms with van der Waals surface area (Å²) in [6, 6.07) is 0.475. The van der Waals surface area contributed by atoms with Crippen molar-refractivity contribution in [2.24, 2.45) is 4.99 Å². The highest BCUT2D eigenvalue weighted by molar-refractivity contribution is 5.79. The van der Waals surface area contributed by atoms with Crippen LogP contribution in [0.3, 0.4) is 0 Å². The maximum Gasteiger partial charge on any atom is 0.191 e. The largest absolute Gasteiger partial charge is 0.388 e. The van der Waals surface area contributed by atoms with E-state index in [4.69, 9.17) is 0 Å². The third-order valence-corrected chi connectivity index (χ3v) is 5.03. The second-order valence-electron chi connectivity index (χ2n) is 7.49. The molecule has 0 amide bonds. The standard InChI is InChI=1S/C19H41N5O/c1-6-9-19(25,10-7-2)16-22-18(20-8-3)21-15-17(4)24-13-11-23(5)12-14-24/h17,25H,6-16H2,1-5H3,(H2,20,21,22). The van der Waals surface area contributed by atoms with Gasteiger partial charge >= 0.3 is 0 Å². The van der Waals surface area contributed by atoms with E-state index >= 15 is 0 Å². The number of aliphatic imine (C=N–C) groups is 1. The molecule has 0 aromatic heterocycles. The Labute approximate surface area is 155 Å². The number of rotatable bonds is 10. The van der Waals surface area contributed by atoms with Gasteiger partial charge in [-0.05, 0) is 33.7 Å². The topological polar surface area (TPSA) is 63.1 Å². The van der Waals surface area contributed by atoms with Gasteiger partial charge in [0.25, 0.3) is 0 Å². The zero-order chi connectivity index (χ0) is 18.7. The van der Waals surface area contributed by atoms with Crippen molar-refractivity contribution in [3.8, 4) is 0 Å². The van der Waals surface area contributed by atoms with Crippen molar-refractivity contribution in [2.45, 2.75) is 65.0 Å². The summed E-state index contributed by atoms with van der Waals surface area (Å²) in [4.78, 5) is 9.58. The summed E-state index contributed by atoms with van der Waals surface area (Å²) in [7, 11) is 2.18. The molecule has 1 atom stereocenters. The first-order valence-electron chi connectivity index (χ1n) is 10.1. The Morgan fingerprint density at radius 1 is 1.08 bits per heavy atom. The summed E-state index contributed by atoms with van der Waals surface area (Å²) in [6.45, 7) is 15.3. The molecule has 3 N–H and O–H groups in total. The van der Waals surface area contributed by atoms with Crippen LogP contribution in [0.2, 0.25) is 0 Å². The van der Waals surface area contributed by atoms with Crippen LogP contribution in [0.5, 0.6) is 0 Å². The lowest BCUT2D eigenvalue weighted by atomic mass is 9.93. The lowest BCUT2D eigenvalue weighted by Gasteiger charge is -2.36. The van der Waals surface area contributed by atoms with Crippen LogP contribution in [-0.2, 0) is 0 Å². The van der Waals surface area contributed by atoms with Crippen molar-refractivity contribution < 1.29 is 5.11 Å². The molecule has 1 unspecified atom stereocenters. The molecular weight excluding hydrogens is 314 g/mol. The molecule has 0 saturated carbocycles. The molecule has 1 aliphatic rings. The molecule has 6 heteroatoms. The first-order chi connectivity index (χ1) is 11.9. The molecule has 1 aliphatic heterocycles. The van der Waals surface area contributed by atoms with Crippen LogP contribution in [0.4, 0.5) is 0 Å². The molecule has 6 nitrogen and oxygen atoms in total. The smallest absolute Gasteiger partial charge is 0.191 e. The van der Waals surface area contributed by atoms with E-state index in [0.29, 0.717) is 12.6 Å². The zero-order valence-electron chi connectivity index (χ0n) is 17.1. The van der Waals surface area contributed by atoms with Gasteiger partial charge in [-0.25, -0.2) is 0 Å². The van der Waals surface area contributed by atoms with Crippen molar-refractivity contribution in [1.82, 2.24) is 20.4 Å². The minimum atomic E-state index is -0.672. The van der Waals surface area contributed by atoms with E-state index in [0.717, 1.165) is 70.9 Å². The van der Waals surface area contributed by atoms with Crippen LogP contribution in [-0.4, -0.2) is 85.4 Å². The first-order valence-corrected chi connectivity index (χ1v) is 10.1. The lowest BCUT2D eigenvalue weighted by molar-refractivity contribution is 0.0306. The number of hydrogen-bond donors (Lipinski definition) is 3. The van der Waals surface area contributed by atoms with Gasteiger partial charge in [-0.3, -0.25) is 9.89 Å². The molecule has 1 fully saturated rings. The van der Waals surface area contributed by atoms with Crippen LogP contribution in [0.1, 0.15) is 53.4 Å². The lowest BCUT2D eigenvalue weighted by Crippen LogP contribution is -2.52. The molecule has 1 saturated heterocycles. The maximum atomic E-state index is 10.8. The van der Waals surface area contributed by atoms with Gasteiger partial charge in [-0.2, -0.15) is 0 Å². The second-order valence-corrected chi connectivity index (χ2v) is 7.49. The quantitative estimate of drug-likeness (QED) is 0.410. The number of nitrogens with zero attached hydrogens (tertiary/aromatic N) is 3. The van der Waals surface area contributed by atoms with Gasteiger partial charge in [0.05, 0.1) is 12.1 Å². The van der Waals surface area contributed by atoms with Gasteiger partial charge < -0.3 is 20.6 Å². The van der Waals surface area contributed by atoms with Crippen molar-refractivity contribution in [3.63, 3.8) is 0 Å². The van der Waals surface area contributed by atoms with Crippen molar-refractivity contribution >= 4 is 5.96 Å². The monoisotopic (exact) mass is 355 g/mol. The molecule has 0 aromatic rings. The Kier molecular flexibility index (Phi) is 10.4. The Hall–Kier alpha value is -0.850. The highest BCUT2D eigenvalue weighted by Crippen LogP contribution is 2.19. The average molecular weight is 356 g/mol. The van der Waals surface area contributed by atoms with E-state index in [1.54, 1.807) is 0 Å². The molecule has 1 rings (SSSR count). The summed E-state index contributed by atoms with van der Waals surface area (Å²) < 4.78 is 0. The number of guanidine groups is 1. The van der Waals surface area contributed by atoms with Crippen LogP contribution in [0, 0.1) is 0 Å². The number of hydrogen-bond acceptors (Lipinski definition) is 4. The summed E-state index contributed by atoms with van der Waals surface area (Å²) in [5.41, 5.74) is -0.672. The minimum Gasteiger partial charge on any atom is -0.388 e. The van der Waals surface area contributed by atoms with Gasteiger partial charge in [-0.1, -0.05) is 26.7 Å². The van der Waals surface area contributed by atoms with Gasteiger partial charge in [0.2, 0.25) is 0 Å². The van der Waals surface area contributed by atoms with Crippen LogP contribution < -0.4 is 10.6 Å². The van der Waals surface area contributed by atoms with Crippen LogP contribution >= 0.6 is 0 Å². The molecule has 0 spiro atoms. The van der Waals surface area contributed by atoms with Gasteiger partial charge in [0.15, 0.2) is 5.96 Å². The molecule has 148 valence electrons. The van der Waals surface area contributed by atoms with E-state index in [1.165, 1.54) is 0 Å². The van der Waals surface area contributed by atoms with Gasteiger partial charge in [-0.15, -0.1) is 0 Å². The second kappa shape index (κ2) is 11.7. The van der Waals surface area contributed by atoms with E-state index in [-0.39, 0.29) is 0 Å². The number of nitrogens with one attached hydrogen (secondary N) is 2. The Balaban J connectivity index is 2.54. The Morgan fingerprint density at radius 2 is 1.68 bits per heavy atom. The zero-order valence-corrected chi connectivity index (χ0v) is 17.1. The fourth-order valence-electron chi connectivity index (χ4n) is 3.42. The summed E-state index contributed by atoms with van der Waals surface area (Å²) in [5, 5.41) is 17.5. The first kappa shape index (κ1) is 22.2. The molecular formula is C19H41N5O. The highest BCUT2D eigenvalue weighted by Gasteiger charge is 2.25. The summed E-state index contributed by atoms with van der Waals surface area (Å²) >= 11 is 0. The normalized spacial score (nSPS) is 19.0. The van der Waals surface area contributed by atoms with Crippen molar-refractivity contribution in [3.05, 3.63) is 0 Å². The predicted octanol–water partition coefficient (Wildman–Crippen LogP) is 1.51.